The maximum absolute atomic E-state index is 13.7. The Balaban J connectivity index is 1.52. The molecule has 2 aromatic carbocycles. The van der Waals surface area contributed by atoms with Crippen LogP contribution in [0.2, 0.25) is 13.1 Å². The first-order valence-electron chi connectivity index (χ1n) is 14.0. The lowest BCUT2D eigenvalue weighted by molar-refractivity contribution is -0.00617. The lowest BCUT2D eigenvalue weighted by Crippen LogP contribution is -2.48. The first kappa shape index (κ1) is 26.8. The van der Waals surface area contributed by atoms with E-state index in [2.05, 4.69) is 11.4 Å². The number of aromatic carboxylic acids is 1. The normalized spacial score (nSPS) is 25.9. The van der Waals surface area contributed by atoms with Gasteiger partial charge in [-0.05, 0) is 111 Å². The summed E-state index contributed by atoms with van der Waals surface area (Å²) in [5.74, 6) is 2.47. The van der Waals surface area contributed by atoms with Crippen LogP contribution in [0.5, 0.6) is 11.5 Å². The van der Waals surface area contributed by atoms with Crippen molar-refractivity contribution in [2.45, 2.75) is 83.2 Å². The van der Waals surface area contributed by atoms with Crippen molar-refractivity contribution in [1.29, 1.82) is 0 Å². The van der Waals surface area contributed by atoms with Crippen molar-refractivity contribution >= 4 is 26.6 Å². The van der Waals surface area contributed by atoms with Gasteiger partial charge in [-0.2, -0.15) is 0 Å². The number of ether oxygens (including phenoxy) is 1. The molecule has 6 rings (SSSR count). The number of carboxylic acid groups (broad SMARTS) is 1. The third kappa shape index (κ3) is 4.85. The van der Waals surface area contributed by atoms with E-state index in [-0.39, 0.29) is 16.9 Å². The maximum atomic E-state index is 13.7. The average Bonchev–Trinajstić information content (AvgIpc) is 2.82. The number of hydrogen-bond donors (Lipinski definition) is 2. The second-order valence-electron chi connectivity index (χ2n) is 13.2. The minimum Gasteiger partial charge on any atom is -0.545 e. The van der Waals surface area contributed by atoms with E-state index in [9.17, 15) is 14.7 Å². The van der Waals surface area contributed by atoms with E-state index in [0.29, 0.717) is 22.6 Å². The predicted molar refractivity (Wildman–Crippen MR) is 152 cm³/mol. The molecule has 0 aromatic heterocycles. The maximum Gasteiger partial charge on any atom is 0.336 e. The molecule has 0 aliphatic heterocycles. The van der Waals surface area contributed by atoms with E-state index in [1.807, 2.05) is 46.0 Å². The van der Waals surface area contributed by atoms with Crippen LogP contribution in [0.1, 0.15) is 91.1 Å². The lowest BCUT2D eigenvalue weighted by atomic mass is 9.48. The van der Waals surface area contributed by atoms with Crippen LogP contribution in [0.15, 0.2) is 30.3 Å². The highest BCUT2D eigenvalue weighted by Crippen LogP contribution is 2.62. The van der Waals surface area contributed by atoms with Crippen molar-refractivity contribution in [3.63, 3.8) is 0 Å². The van der Waals surface area contributed by atoms with Gasteiger partial charge in [0.15, 0.2) is 0 Å². The molecule has 4 aliphatic rings. The molecule has 204 valence electrons. The fourth-order valence-electron chi connectivity index (χ4n) is 7.86. The molecule has 2 aromatic rings. The fraction of sp³-hybridized carbons (Fsp3) is 0.548. The zero-order valence-corrected chi connectivity index (χ0v) is 24.7. The summed E-state index contributed by atoms with van der Waals surface area (Å²) in [6.45, 7) is 9.97. The standard InChI is InChI=1S/C31H41NO5Si/c1-30(2,3)26-22(29(34)35)8-9-24(27(26)37-38(5)6)32-28(33)21-7-10-25(36-4)23(14-21)31-15-18-11-19(16-31)13-20(12-18)17-31/h7-10,14,18-20,38H,11-13,15-17H2,1-6H3,(H,32,33)(H,34,35). The Hall–Kier alpha value is -2.80. The first-order chi connectivity index (χ1) is 17.9. The van der Waals surface area contributed by atoms with Crippen LogP contribution in [0.4, 0.5) is 5.69 Å². The molecule has 0 radical (unpaired) electrons. The zero-order valence-electron chi connectivity index (χ0n) is 23.5. The number of carboxylic acids is 1. The third-order valence-corrected chi connectivity index (χ3v) is 9.52. The van der Waals surface area contributed by atoms with Crippen LogP contribution in [0.3, 0.4) is 0 Å². The van der Waals surface area contributed by atoms with Crippen molar-refractivity contribution in [3.8, 4) is 11.5 Å². The van der Waals surface area contributed by atoms with Gasteiger partial charge in [-0.25, -0.2) is 4.79 Å². The number of rotatable bonds is 7. The van der Waals surface area contributed by atoms with Gasteiger partial charge < -0.3 is 19.6 Å². The Morgan fingerprint density at radius 2 is 1.61 bits per heavy atom. The molecule has 0 saturated heterocycles. The Labute approximate surface area is 227 Å². The lowest BCUT2D eigenvalue weighted by Gasteiger charge is -2.57. The topological polar surface area (TPSA) is 84.9 Å². The molecule has 4 bridgehead atoms. The molecular weight excluding hydrogens is 494 g/mol. The Kier molecular flexibility index (Phi) is 6.87. The molecule has 0 heterocycles. The van der Waals surface area contributed by atoms with Crippen LogP contribution in [-0.4, -0.2) is 33.1 Å². The van der Waals surface area contributed by atoms with Crippen molar-refractivity contribution in [2.75, 3.05) is 12.4 Å². The molecule has 4 aliphatic carbocycles. The van der Waals surface area contributed by atoms with E-state index in [0.717, 1.165) is 23.5 Å². The number of nitrogens with one attached hydrogen (secondary N) is 1. The predicted octanol–water partition coefficient (Wildman–Crippen LogP) is 6.77. The van der Waals surface area contributed by atoms with E-state index >= 15 is 0 Å². The van der Waals surface area contributed by atoms with Crippen molar-refractivity contribution < 1.29 is 23.9 Å². The molecule has 2 N–H and O–H groups in total. The monoisotopic (exact) mass is 535 g/mol. The number of benzene rings is 2. The van der Waals surface area contributed by atoms with Gasteiger partial charge in [0.2, 0.25) is 9.04 Å². The smallest absolute Gasteiger partial charge is 0.336 e. The SMILES string of the molecule is COc1ccc(C(=O)Nc2ccc(C(=O)O)c(C(C)(C)C)c2O[SiH](C)C)cc1C12CC3CC(CC(C3)C1)C2. The molecule has 38 heavy (non-hydrogen) atoms. The Bertz CT molecular complexity index is 1230. The minimum absolute atomic E-state index is 0.0937. The quantitative estimate of drug-likeness (QED) is 0.382. The van der Waals surface area contributed by atoms with Crippen molar-refractivity contribution in [3.05, 3.63) is 52.6 Å². The summed E-state index contributed by atoms with van der Waals surface area (Å²) in [6, 6.07) is 9.05. The molecule has 1 amide bonds. The molecule has 0 unspecified atom stereocenters. The van der Waals surface area contributed by atoms with Crippen LogP contribution in [0.25, 0.3) is 0 Å². The summed E-state index contributed by atoms with van der Waals surface area (Å²) in [5.41, 5.74) is 2.69. The van der Waals surface area contributed by atoms with Gasteiger partial charge in [0.1, 0.15) is 11.5 Å². The van der Waals surface area contributed by atoms with Gasteiger partial charge in [0.05, 0.1) is 18.4 Å². The van der Waals surface area contributed by atoms with Gasteiger partial charge in [0, 0.05) is 16.7 Å². The summed E-state index contributed by atoms with van der Waals surface area (Å²) >= 11 is 0. The van der Waals surface area contributed by atoms with Crippen LogP contribution in [0, 0.1) is 17.8 Å². The van der Waals surface area contributed by atoms with Gasteiger partial charge in [-0.15, -0.1) is 0 Å². The molecule has 4 saturated carbocycles. The average molecular weight is 536 g/mol. The van der Waals surface area contributed by atoms with E-state index < -0.39 is 20.4 Å². The molecule has 7 heteroatoms. The first-order valence-corrected chi connectivity index (χ1v) is 16.8. The van der Waals surface area contributed by atoms with E-state index in [1.165, 1.54) is 44.1 Å². The summed E-state index contributed by atoms with van der Waals surface area (Å²) in [7, 11) is 0.108. The molecule has 0 spiro atoms. The van der Waals surface area contributed by atoms with Gasteiger partial charge in [-0.1, -0.05) is 20.8 Å². The Morgan fingerprint density at radius 3 is 2.11 bits per heavy atom. The van der Waals surface area contributed by atoms with Gasteiger partial charge >= 0.3 is 5.97 Å². The Morgan fingerprint density at radius 1 is 1.00 bits per heavy atom. The van der Waals surface area contributed by atoms with Crippen LogP contribution >= 0.6 is 0 Å². The highest BCUT2D eigenvalue weighted by Gasteiger charge is 2.52. The summed E-state index contributed by atoms with van der Waals surface area (Å²) in [6.07, 6.45) is 7.61. The fourth-order valence-corrected chi connectivity index (χ4v) is 8.58. The van der Waals surface area contributed by atoms with E-state index in [1.54, 1.807) is 19.2 Å². The largest absolute Gasteiger partial charge is 0.545 e. The summed E-state index contributed by atoms with van der Waals surface area (Å²) in [4.78, 5) is 25.8. The van der Waals surface area contributed by atoms with Crippen molar-refractivity contribution in [1.82, 2.24) is 0 Å². The number of hydrogen-bond acceptors (Lipinski definition) is 4. The highest BCUT2D eigenvalue weighted by atomic mass is 28.3. The molecule has 4 fully saturated rings. The third-order valence-electron chi connectivity index (χ3n) is 8.81. The summed E-state index contributed by atoms with van der Waals surface area (Å²) < 4.78 is 12.1. The second-order valence-corrected chi connectivity index (χ2v) is 15.5. The molecule has 0 atom stereocenters. The van der Waals surface area contributed by atoms with E-state index in [4.69, 9.17) is 9.16 Å². The molecule has 6 nitrogen and oxygen atoms in total. The van der Waals surface area contributed by atoms with Crippen LogP contribution < -0.4 is 14.5 Å². The number of carbonyl (C=O) groups is 2. The zero-order chi connectivity index (χ0) is 27.4. The number of anilines is 1. The van der Waals surface area contributed by atoms with Gasteiger partial charge in [0.25, 0.3) is 5.91 Å². The second kappa shape index (κ2) is 9.74. The van der Waals surface area contributed by atoms with Crippen LogP contribution in [-0.2, 0) is 10.8 Å². The number of amides is 1. The number of methoxy groups -OCH3 is 1. The molecular formula is C31H41NO5Si. The summed E-state index contributed by atoms with van der Waals surface area (Å²) in [5, 5.41) is 13.0. The van der Waals surface area contributed by atoms with Crippen molar-refractivity contribution in [2.24, 2.45) is 17.8 Å². The number of carbonyl (C=O) groups excluding carboxylic acids is 1. The van der Waals surface area contributed by atoms with Gasteiger partial charge in [-0.3, -0.25) is 4.79 Å². The highest BCUT2D eigenvalue weighted by molar-refractivity contribution is 6.49. The minimum atomic E-state index is -1.61.